The van der Waals surface area contributed by atoms with E-state index in [1.54, 1.807) is 23.1 Å². The summed E-state index contributed by atoms with van der Waals surface area (Å²) >= 11 is 6.27. The summed E-state index contributed by atoms with van der Waals surface area (Å²) in [7, 11) is 1.38. The molecule has 28 heavy (non-hydrogen) atoms. The predicted molar refractivity (Wildman–Crippen MR) is 107 cm³/mol. The second-order valence-corrected chi connectivity index (χ2v) is 7.41. The van der Waals surface area contributed by atoms with Crippen molar-refractivity contribution >= 4 is 29.2 Å². The Balaban J connectivity index is 1.94. The second kappa shape index (κ2) is 5.94. The van der Waals surface area contributed by atoms with E-state index >= 15 is 0 Å². The first-order valence-corrected chi connectivity index (χ1v) is 9.35. The number of nitrogens with zero attached hydrogens (tertiary/aromatic N) is 1. The average Bonchev–Trinajstić information content (AvgIpc) is 3.17. The molecule has 0 unspecified atom stereocenters. The van der Waals surface area contributed by atoms with Gasteiger partial charge in [-0.1, -0.05) is 66.2 Å². The number of ether oxygens (including phenoxy) is 1. The van der Waals surface area contributed by atoms with E-state index in [1.807, 2.05) is 54.6 Å². The topological polar surface area (TPSA) is 46.6 Å². The molecule has 2 atom stereocenters. The zero-order chi connectivity index (χ0) is 19.5. The molecule has 0 bridgehead atoms. The van der Waals surface area contributed by atoms with Gasteiger partial charge in [-0.15, -0.1) is 0 Å². The number of benzene rings is 3. The van der Waals surface area contributed by atoms with E-state index in [0.717, 1.165) is 16.7 Å². The van der Waals surface area contributed by atoms with Crippen molar-refractivity contribution in [3.8, 4) is 0 Å². The molecule has 138 valence electrons. The summed E-state index contributed by atoms with van der Waals surface area (Å²) < 4.78 is 5.22. The minimum Gasteiger partial charge on any atom is -0.468 e. The number of halogens is 1. The van der Waals surface area contributed by atoms with Gasteiger partial charge in [0.1, 0.15) is 11.5 Å². The molecular formula is C23H16ClNO3. The Morgan fingerprint density at radius 3 is 2.50 bits per heavy atom. The fourth-order valence-corrected chi connectivity index (χ4v) is 4.89. The molecule has 5 rings (SSSR count). The molecular weight excluding hydrogens is 374 g/mol. The highest BCUT2D eigenvalue weighted by molar-refractivity contribution is 6.31. The summed E-state index contributed by atoms with van der Waals surface area (Å²) in [4.78, 5) is 28.3. The molecule has 0 spiro atoms. The van der Waals surface area contributed by atoms with Crippen LogP contribution >= 0.6 is 11.6 Å². The standard InChI is InChI=1S/C23H16ClNO3/c1-28-22(27)20-17-12-11-15(24)13-19(17)25-21(26)16-9-5-6-10-18(16)23(20,25)14-7-3-2-4-8-14/h2-13,20H,1H3/t20-,23+/m0/s1. The van der Waals surface area contributed by atoms with Crippen LogP contribution in [0.2, 0.25) is 5.02 Å². The van der Waals surface area contributed by atoms with E-state index in [9.17, 15) is 9.59 Å². The monoisotopic (exact) mass is 389 g/mol. The lowest BCUT2D eigenvalue weighted by atomic mass is 9.73. The number of esters is 1. The van der Waals surface area contributed by atoms with Crippen LogP contribution in [0.15, 0.2) is 72.8 Å². The number of fused-ring (bicyclic) bond motifs is 5. The van der Waals surface area contributed by atoms with Crippen molar-refractivity contribution in [1.29, 1.82) is 0 Å². The summed E-state index contributed by atoms with van der Waals surface area (Å²) in [5.41, 5.74) is 2.63. The normalized spacial score (nSPS) is 21.9. The van der Waals surface area contributed by atoms with Gasteiger partial charge in [0.15, 0.2) is 0 Å². The quantitative estimate of drug-likeness (QED) is 0.605. The molecule has 5 heteroatoms. The maximum Gasteiger partial charge on any atom is 0.316 e. The van der Waals surface area contributed by atoms with Gasteiger partial charge in [0.25, 0.3) is 5.91 Å². The van der Waals surface area contributed by atoms with Gasteiger partial charge < -0.3 is 4.74 Å². The number of carbonyl (C=O) groups is 2. The van der Waals surface area contributed by atoms with Crippen LogP contribution in [0.1, 0.15) is 33.0 Å². The average molecular weight is 390 g/mol. The molecule has 3 aromatic carbocycles. The van der Waals surface area contributed by atoms with Crippen LogP contribution < -0.4 is 4.90 Å². The molecule has 0 saturated heterocycles. The number of amides is 1. The third kappa shape index (κ3) is 1.96. The maximum atomic E-state index is 13.5. The molecule has 2 aliphatic heterocycles. The molecule has 3 aromatic rings. The fourth-order valence-electron chi connectivity index (χ4n) is 4.73. The lowest BCUT2D eigenvalue weighted by Gasteiger charge is -2.37. The number of carbonyl (C=O) groups excluding carboxylic acids is 2. The molecule has 0 fully saturated rings. The third-order valence-electron chi connectivity index (χ3n) is 5.74. The largest absolute Gasteiger partial charge is 0.468 e. The van der Waals surface area contributed by atoms with Gasteiger partial charge in [0, 0.05) is 10.6 Å². The zero-order valence-corrected chi connectivity index (χ0v) is 15.8. The Morgan fingerprint density at radius 2 is 1.75 bits per heavy atom. The zero-order valence-electron chi connectivity index (χ0n) is 15.1. The van der Waals surface area contributed by atoms with E-state index < -0.39 is 11.5 Å². The summed E-state index contributed by atoms with van der Waals surface area (Å²) in [5.74, 6) is -1.23. The van der Waals surface area contributed by atoms with Crippen LogP contribution in [-0.2, 0) is 15.1 Å². The number of anilines is 1. The summed E-state index contributed by atoms with van der Waals surface area (Å²) in [6.07, 6.45) is 0. The van der Waals surface area contributed by atoms with E-state index in [0.29, 0.717) is 16.3 Å². The first-order valence-electron chi connectivity index (χ1n) is 8.97. The molecule has 1 amide bonds. The van der Waals surface area contributed by atoms with Gasteiger partial charge in [0.05, 0.1) is 12.8 Å². The van der Waals surface area contributed by atoms with E-state index in [4.69, 9.17) is 16.3 Å². The predicted octanol–water partition coefficient (Wildman–Crippen LogP) is 4.51. The number of hydrogen-bond acceptors (Lipinski definition) is 3. The van der Waals surface area contributed by atoms with Crippen molar-refractivity contribution < 1.29 is 14.3 Å². The van der Waals surface area contributed by atoms with Crippen molar-refractivity contribution in [2.75, 3.05) is 12.0 Å². The lowest BCUT2D eigenvalue weighted by Crippen LogP contribution is -2.47. The highest BCUT2D eigenvalue weighted by Crippen LogP contribution is 2.61. The highest BCUT2D eigenvalue weighted by atomic mass is 35.5. The van der Waals surface area contributed by atoms with E-state index in [2.05, 4.69) is 0 Å². The fraction of sp³-hybridized carbons (Fsp3) is 0.130. The summed E-state index contributed by atoms with van der Waals surface area (Å²) in [6.45, 7) is 0. The van der Waals surface area contributed by atoms with Crippen LogP contribution in [0, 0.1) is 0 Å². The molecule has 4 nitrogen and oxygen atoms in total. The summed E-state index contributed by atoms with van der Waals surface area (Å²) in [5, 5.41) is 0.509. The van der Waals surface area contributed by atoms with Crippen molar-refractivity contribution in [2.24, 2.45) is 0 Å². The Bertz CT molecular complexity index is 1130. The third-order valence-corrected chi connectivity index (χ3v) is 5.97. The molecule has 0 aliphatic carbocycles. The van der Waals surface area contributed by atoms with Gasteiger partial charge in [-0.25, -0.2) is 0 Å². The molecule has 2 aliphatic rings. The molecule has 0 radical (unpaired) electrons. The minimum absolute atomic E-state index is 0.144. The van der Waals surface area contributed by atoms with Crippen molar-refractivity contribution in [1.82, 2.24) is 0 Å². The highest BCUT2D eigenvalue weighted by Gasteiger charge is 2.64. The number of methoxy groups -OCH3 is 1. The SMILES string of the molecule is COC(=O)[C@@H]1c2ccc(Cl)cc2N2C(=O)c3ccccc3[C@]12c1ccccc1. The van der Waals surface area contributed by atoms with Gasteiger partial charge in [-0.2, -0.15) is 0 Å². The first-order chi connectivity index (χ1) is 13.6. The van der Waals surface area contributed by atoms with Crippen LogP contribution in [-0.4, -0.2) is 19.0 Å². The van der Waals surface area contributed by atoms with Gasteiger partial charge in [-0.05, 0) is 34.9 Å². The van der Waals surface area contributed by atoms with E-state index in [-0.39, 0.29) is 11.9 Å². The second-order valence-electron chi connectivity index (χ2n) is 6.98. The minimum atomic E-state index is -1.00. The Morgan fingerprint density at radius 1 is 1.04 bits per heavy atom. The lowest BCUT2D eigenvalue weighted by molar-refractivity contribution is -0.143. The van der Waals surface area contributed by atoms with Crippen molar-refractivity contribution in [3.05, 3.63) is 100 Å². The number of rotatable bonds is 2. The smallest absolute Gasteiger partial charge is 0.316 e. The van der Waals surface area contributed by atoms with Crippen LogP contribution in [0.4, 0.5) is 5.69 Å². The van der Waals surface area contributed by atoms with Gasteiger partial charge in [0.2, 0.25) is 0 Å². The van der Waals surface area contributed by atoms with Crippen LogP contribution in [0.25, 0.3) is 0 Å². The Kier molecular flexibility index (Phi) is 3.61. The van der Waals surface area contributed by atoms with Gasteiger partial charge in [-0.3, -0.25) is 14.5 Å². The molecule has 0 saturated carbocycles. The van der Waals surface area contributed by atoms with Gasteiger partial charge >= 0.3 is 5.97 Å². The maximum absolute atomic E-state index is 13.5. The molecule has 2 heterocycles. The van der Waals surface area contributed by atoms with E-state index in [1.165, 1.54) is 7.11 Å². The molecule has 0 N–H and O–H groups in total. The summed E-state index contributed by atoms with van der Waals surface area (Å²) in [6, 6.07) is 22.4. The molecule has 0 aromatic heterocycles. The Hall–Kier alpha value is -3.11. The first kappa shape index (κ1) is 17.0. The van der Waals surface area contributed by atoms with Crippen LogP contribution in [0.5, 0.6) is 0 Å². The van der Waals surface area contributed by atoms with Crippen LogP contribution in [0.3, 0.4) is 0 Å². The Labute approximate surface area is 167 Å². The van der Waals surface area contributed by atoms with Crippen molar-refractivity contribution in [3.63, 3.8) is 0 Å². The van der Waals surface area contributed by atoms with Crippen molar-refractivity contribution in [2.45, 2.75) is 11.5 Å². The number of hydrogen-bond donors (Lipinski definition) is 0.